The summed E-state index contributed by atoms with van der Waals surface area (Å²) >= 11 is 0.729. The Morgan fingerprint density at radius 1 is 1.48 bits per heavy atom. The van der Waals surface area contributed by atoms with E-state index < -0.39 is 15.7 Å². The molecule has 120 valence electrons. The molecule has 1 N–H and O–H groups in total. The van der Waals surface area contributed by atoms with Crippen LogP contribution in [0.15, 0.2) is 26.5 Å². The first-order valence-electron chi connectivity index (χ1n) is 6.41. The number of carbonyl (C=O) groups is 1. The summed E-state index contributed by atoms with van der Waals surface area (Å²) in [4.78, 5) is 12.0. The van der Waals surface area contributed by atoms with Crippen molar-refractivity contribution in [2.75, 3.05) is 11.1 Å². The maximum Gasteiger partial charge on any atom is 0.268 e. The number of amides is 1. The zero-order chi connectivity index (χ0) is 17.0. The van der Waals surface area contributed by atoms with Gasteiger partial charge in [0.2, 0.25) is 19.3 Å². The van der Waals surface area contributed by atoms with Crippen LogP contribution in [0.5, 0.6) is 0 Å². The molecule has 0 aliphatic rings. The van der Waals surface area contributed by atoms with Crippen molar-refractivity contribution in [1.29, 1.82) is 5.26 Å². The molecule has 0 aromatic carbocycles. The minimum atomic E-state index is -3.49. The number of hydrogen-bond donors (Lipinski definition) is 1. The number of aromatic nitrogens is 2. The molecule has 0 radical (unpaired) electrons. The first-order chi connectivity index (χ1) is 10.9. The quantitative estimate of drug-likeness (QED) is 0.493. The standard InChI is InChI=1S/C13H12N4O4S2/c1-3-23(19,20)13-17-16-12(22-13)15-11(18)9(7-14)6-10-5-4-8(2)21-10/h4-6H,3H2,1-2H3,(H,15,16,18). The molecule has 0 spiro atoms. The van der Waals surface area contributed by atoms with Crippen molar-refractivity contribution in [3.63, 3.8) is 0 Å². The van der Waals surface area contributed by atoms with Crippen LogP contribution in [0.1, 0.15) is 18.4 Å². The Labute approximate surface area is 136 Å². The maximum absolute atomic E-state index is 12.0. The van der Waals surface area contributed by atoms with Gasteiger partial charge in [0.25, 0.3) is 5.91 Å². The number of nitrogens with one attached hydrogen (secondary N) is 1. The number of sulfone groups is 1. The van der Waals surface area contributed by atoms with Crippen LogP contribution < -0.4 is 5.32 Å². The Hall–Kier alpha value is -2.51. The Morgan fingerprint density at radius 2 is 2.22 bits per heavy atom. The summed E-state index contributed by atoms with van der Waals surface area (Å²) in [7, 11) is -3.49. The highest BCUT2D eigenvalue weighted by molar-refractivity contribution is 7.93. The predicted octanol–water partition coefficient (Wildman–Crippen LogP) is 1.78. The SMILES string of the molecule is CCS(=O)(=O)c1nnc(NC(=O)C(C#N)=Cc2ccc(C)o2)s1. The molecule has 2 heterocycles. The number of aryl methyl sites for hydroxylation is 1. The molecule has 0 saturated heterocycles. The molecule has 0 fully saturated rings. The first-order valence-corrected chi connectivity index (χ1v) is 8.88. The van der Waals surface area contributed by atoms with Gasteiger partial charge >= 0.3 is 0 Å². The van der Waals surface area contributed by atoms with Crippen LogP contribution >= 0.6 is 11.3 Å². The fraction of sp³-hybridized carbons (Fsp3) is 0.231. The van der Waals surface area contributed by atoms with Crippen molar-refractivity contribution < 1.29 is 17.6 Å². The average molecular weight is 352 g/mol. The lowest BCUT2D eigenvalue weighted by atomic mass is 10.2. The second-order valence-electron chi connectivity index (χ2n) is 4.35. The van der Waals surface area contributed by atoms with Crippen molar-refractivity contribution in [1.82, 2.24) is 10.2 Å². The molecule has 0 unspecified atom stereocenters. The summed E-state index contributed by atoms with van der Waals surface area (Å²) in [6.07, 6.45) is 1.28. The van der Waals surface area contributed by atoms with Crippen LogP contribution in [0.4, 0.5) is 5.13 Å². The highest BCUT2D eigenvalue weighted by Gasteiger charge is 2.20. The van der Waals surface area contributed by atoms with Crippen LogP contribution in [0.25, 0.3) is 6.08 Å². The number of nitriles is 1. The monoisotopic (exact) mass is 352 g/mol. The number of furan rings is 1. The molecule has 2 aromatic rings. The number of nitrogens with zero attached hydrogens (tertiary/aromatic N) is 3. The summed E-state index contributed by atoms with van der Waals surface area (Å²) in [5.41, 5.74) is -0.200. The number of carbonyl (C=O) groups excluding carboxylic acids is 1. The van der Waals surface area contributed by atoms with Gasteiger partial charge in [-0.25, -0.2) is 8.42 Å². The third-order valence-corrected chi connectivity index (χ3v) is 5.70. The van der Waals surface area contributed by atoms with Crippen molar-refractivity contribution in [2.24, 2.45) is 0 Å². The van der Waals surface area contributed by atoms with Gasteiger partial charge in [0.05, 0.1) is 5.75 Å². The molecule has 2 rings (SSSR count). The van der Waals surface area contributed by atoms with E-state index in [4.69, 9.17) is 9.68 Å². The van der Waals surface area contributed by atoms with Gasteiger partial charge < -0.3 is 4.42 Å². The van der Waals surface area contributed by atoms with Gasteiger partial charge in [-0.1, -0.05) is 18.3 Å². The van der Waals surface area contributed by atoms with Crippen LogP contribution in [0.3, 0.4) is 0 Å². The smallest absolute Gasteiger partial charge is 0.268 e. The van der Waals surface area contributed by atoms with Crippen LogP contribution in [-0.4, -0.2) is 30.3 Å². The van der Waals surface area contributed by atoms with Gasteiger partial charge in [0, 0.05) is 6.08 Å². The molecule has 0 saturated carbocycles. The minimum absolute atomic E-state index is 0.00111. The van der Waals surface area contributed by atoms with Crippen molar-refractivity contribution >= 4 is 38.3 Å². The minimum Gasteiger partial charge on any atom is -0.462 e. The van der Waals surface area contributed by atoms with E-state index in [0.29, 0.717) is 11.5 Å². The Balaban J connectivity index is 2.18. The molecule has 1 amide bonds. The maximum atomic E-state index is 12.0. The molecule has 0 atom stereocenters. The fourth-order valence-corrected chi connectivity index (χ4v) is 3.48. The predicted molar refractivity (Wildman–Crippen MR) is 83.3 cm³/mol. The molecule has 10 heteroatoms. The van der Waals surface area contributed by atoms with E-state index in [1.54, 1.807) is 25.1 Å². The van der Waals surface area contributed by atoms with Gasteiger partial charge in [-0.15, -0.1) is 10.2 Å². The molecular formula is C13H12N4O4S2. The van der Waals surface area contributed by atoms with Crippen LogP contribution in [-0.2, 0) is 14.6 Å². The Bertz CT molecular complexity index is 903. The summed E-state index contributed by atoms with van der Waals surface area (Å²) < 4.78 is 28.4. The molecule has 2 aromatic heterocycles. The van der Waals surface area contributed by atoms with E-state index in [-0.39, 0.29) is 20.8 Å². The lowest BCUT2D eigenvalue weighted by molar-refractivity contribution is -0.112. The van der Waals surface area contributed by atoms with Crippen molar-refractivity contribution in [3.05, 3.63) is 29.2 Å². The van der Waals surface area contributed by atoms with E-state index in [0.717, 1.165) is 11.3 Å². The summed E-state index contributed by atoms with van der Waals surface area (Å²) in [5.74, 6) is 0.169. The number of rotatable bonds is 5. The molecular weight excluding hydrogens is 340 g/mol. The van der Waals surface area contributed by atoms with E-state index in [2.05, 4.69) is 15.5 Å². The van der Waals surface area contributed by atoms with Gasteiger partial charge in [-0.3, -0.25) is 10.1 Å². The Kier molecular flexibility index (Phi) is 4.92. The summed E-state index contributed by atoms with van der Waals surface area (Å²) in [6, 6.07) is 5.08. The van der Waals surface area contributed by atoms with E-state index in [1.165, 1.54) is 13.0 Å². The lowest BCUT2D eigenvalue weighted by Gasteiger charge is -1.98. The zero-order valence-electron chi connectivity index (χ0n) is 12.2. The van der Waals surface area contributed by atoms with Gasteiger partial charge in [0.1, 0.15) is 23.2 Å². The zero-order valence-corrected chi connectivity index (χ0v) is 13.9. The summed E-state index contributed by atoms with van der Waals surface area (Å²) in [6.45, 7) is 3.22. The summed E-state index contributed by atoms with van der Waals surface area (Å²) in [5, 5.41) is 18.5. The van der Waals surface area contributed by atoms with E-state index in [9.17, 15) is 13.2 Å². The third kappa shape index (κ3) is 4.02. The van der Waals surface area contributed by atoms with Gasteiger partial charge in [-0.05, 0) is 19.1 Å². The first kappa shape index (κ1) is 16.9. The largest absolute Gasteiger partial charge is 0.462 e. The second kappa shape index (κ2) is 6.72. The Morgan fingerprint density at radius 3 is 2.78 bits per heavy atom. The molecule has 8 nitrogen and oxygen atoms in total. The average Bonchev–Trinajstić information content (AvgIpc) is 3.14. The lowest BCUT2D eigenvalue weighted by Crippen LogP contribution is -2.13. The highest BCUT2D eigenvalue weighted by Crippen LogP contribution is 2.21. The van der Waals surface area contributed by atoms with Crippen molar-refractivity contribution in [2.45, 2.75) is 18.2 Å². The van der Waals surface area contributed by atoms with Crippen molar-refractivity contribution in [3.8, 4) is 6.07 Å². The third-order valence-electron chi connectivity index (χ3n) is 2.69. The number of hydrogen-bond acceptors (Lipinski definition) is 8. The normalized spacial score (nSPS) is 12.0. The molecule has 23 heavy (non-hydrogen) atoms. The fourth-order valence-electron chi connectivity index (χ4n) is 1.50. The van der Waals surface area contributed by atoms with Gasteiger partial charge in [0.15, 0.2) is 0 Å². The second-order valence-corrected chi connectivity index (χ2v) is 7.78. The van der Waals surface area contributed by atoms with E-state index >= 15 is 0 Å². The van der Waals surface area contributed by atoms with E-state index in [1.807, 2.05) is 0 Å². The topological polar surface area (TPSA) is 126 Å². The highest BCUT2D eigenvalue weighted by atomic mass is 32.2. The number of anilines is 1. The van der Waals surface area contributed by atoms with Crippen LogP contribution in [0.2, 0.25) is 0 Å². The van der Waals surface area contributed by atoms with Crippen LogP contribution in [0, 0.1) is 18.3 Å². The molecule has 0 aliphatic carbocycles. The molecule has 0 bridgehead atoms. The molecule has 0 aliphatic heterocycles. The van der Waals surface area contributed by atoms with Gasteiger partial charge in [-0.2, -0.15) is 5.26 Å².